The van der Waals surface area contributed by atoms with Crippen LogP contribution >= 0.6 is 11.3 Å². The normalized spacial score (nSPS) is 20.6. The number of nitrogens with two attached hydrogens (primary N) is 1. The summed E-state index contributed by atoms with van der Waals surface area (Å²) >= 11 is 1.49. The van der Waals surface area contributed by atoms with Gasteiger partial charge in [0.25, 0.3) is 5.91 Å². The molecule has 1 aromatic rings. The molecule has 1 aliphatic heterocycles. The molecular weight excluding hydrogens is 260 g/mol. The second-order valence-electron chi connectivity index (χ2n) is 5.63. The Morgan fingerprint density at radius 3 is 2.63 bits per heavy atom. The van der Waals surface area contributed by atoms with Crippen molar-refractivity contribution in [2.24, 2.45) is 11.8 Å². The lowest BCUT2D eigenvalue weighted by Crippen LogP contribution is -2.32. The number of carbonyl (C=O) groups is 1. The molecule has 2 fully saturated rings. The fourth-order valence-corrected chi connectivity index (χ4v) is 3.62. The van der Waals surface area contributed by atoms with Crippen LogP contribution in [0.5, 0.6) is 0 Å². The molecule has 0 unspecified atom stereocenters. The van der Waals surface area contributed by atoms with Crippen LogP contribution in [0.4, 0.5) is 5.13 Å². The first-order valence-corrected chi connectivity index (χ1v) is 7.77. The van der Waals surface area contributed by atoms with Crippen LogP contribution in [0.25, 0.3) is 0 Å². The van der Waals surface area contributed by atoms with E-state index in [-0.39, 0.29) is 5.91 Å². The number of amides is 1. The quantitative estimate of drug-likeness (QED) is 0.503. The second kappa shape index (κ2) is 5.09. The van der Waals surface area contributed by atoms with E-state index in [2.05, 4.69) is 17.2 Å². The zero-order valence-electron chi connectivity index (χ0n) is 11.2. The van der Waals surface area contributed by atoms with Crippen molar-refractivity contribution in [1.29, 1.82) is 0 Å². The Labute approximate surface area is 117 Å². The third-order valence-electron chi connectivity index (χ3n) is 4.00. The first-order chi connectivity index (χ1) is 9.19. The predicted octanol–water partition coefficient (Wildman–Crippen LogP) is 1.86. The van der Waals surface area contributed by atoms with Crippen molar-refractivity contribution in [3.05, 3.63) is 10.6 Å². The van der Waals surface area contributed by atoms with E-state index in [0.29, 0.717) is 10.8 Å². The van der Waals surface area contributed by atoms with Crippen molar-refractivity contribution in [2.75, 3.05) is 18.0 Å². The van der Waals surface area contributed by atoms with Crippen LogP contribution in [0.3, 0.4) is 0 Å². The van der Waals surface area contributed by atoms with E-state index in [9.17, 15) is 4.79 Å². The lowest BCUT2D eigenvalue weighted by Gasteiger charge is -2.29. The lowest BCUT2D eigenvalue weighted by molar-refractivity contribution is 0.0956. The number of hydrazine groups is 1. The molecule has 3 rings (SSSR count). The molecule has 1 saturated heterocycles. The minimum Gasteiger partial charge on any atom is -0.348 e. The third kappa shape index (κ3) is 2.60. The van der Waals surface area contributed by atoms with Crippen LogP contribution in [0.15, 0.2) is 0 Å². The van der Waals surface area contributed by atoms with Gasteiger partial charge in [0.15, 0.2) is 5.13 Å². The molecule has 0 bridgehead atoms. The molecule has 104 valence electrons. The first kappa shape index (κ1) is 12.9. The Balaban J connectivity index is 1.84. The van der Waals surface area contributed by atoms with E-state index < -0.39 is 0 Å². The molecule has 1 aromatic heterocycles. The molecule has 2 heterocycles. The third-order valence-corrected chi connectivity index (χ3v) is 5.13. The van der Waals surface area contributed by atoms with Gasteiger partial charge >= 0.3 is 0 Å². The number of nitrogen functional groups attached to an aromatic ring is 1. The lowest BCUT2D eigenvalue weighted by atomic mass is 10.00. The van der Waals surface area contributed by atoms with Crippen molar-refractivity contribution in [3.8, 4) is 0 Å². The first-order valence-electron chi connectivity index (χ1n) is 6.95. The van der Waals surface area contributed by atoms with Gasteiger partial charge in [0.05, 0.1) is 5.69 Å². The van der Waals surface area contributed by atoms with Crippen molar-refractivity contribution >= 4 is 22.4 Å². The summed E-state index contributed by atoms with van der Waals surface area (Å²) in [5, 5.41) is 0.993. The van der Waals surface area contributed by atoms with Crippen LogP contribution < -0.4 is 16.2 Å². The van der Waals surface area contributed by atoms with E-state index in [1.54, 1.807) is 0 Å². The number of hydrogen-bond acceptors (Lipinski definition) is 5. The highest BCUT2D eigenvalue weighted by Crippen LogP contribution is 2.44. The number of nitrogens with one attached hydrogen (secondary N) is 1. The SMILES string of the molecule is CC1CCN(c2nc(C3CC3)c(C(=O)NN)s2)CC1. The molecule has 3 N–H and O–H groups in total. The number of aromatic nitrogens is 1. The molecule has 5 nitrogen and oxygen atoms in total. The fraction of sp³-hybridized carbons (Fsp3) is 0.692. The van der Waals surface area contributed by atoms with Crippen molar-refractivity contribution in [2.45, 2.75) is 38.5 Å². The van der Waals surface area contributed by atoms with Gasteiger partial charge in [-0.05, 0) is 31.6 Å². The van der Waals surface area contributed by atoms with E-state index >= 15 is 0 Å². The van der Waals surface area contributed by atoms with Gasteiger partial charge in [0, 0.05) is 19.0 Å². The molecule has 1 saturated carbocycles. The fourth-order valence-electron chi connectivity index (χ4n) is 2.52. The summed E-state index contributed by atoms with van der Waals surface area (Å²) < 4.78 is 0. The zero-order valence-corrected chi connectivity index (χ0v) is 12.0. The summed E-state index contributed by atoms with van der Waals surface area (Å²) in [6, 6.07) is 0. The Morgan fingerprint density at radius 2 is 2.05 bits per heavy atom. The van der Waals surface area contributed by atoms with Gasteiger partial charge in [0.2, 0.25) is 0 Å². The topological polar surface area (TPSA) is 71.2 Å². The van der Waals surface area contributed by atoms with Crippen molar-refractivity contribution < 1.29 is 4.79 Å². The van der Waals surface area contributed by atoms with Gasteiger partial charge in [-0.3, -0.25) is 10.2 Å². The van der Waals surface area contributed by atoms with Crippen LogP contribution in [0, 0.1) is 5.92 Å². The highest BCUT2D eigenvalue weighted by Gasteiger charge is 2.33. The van der Waals surface area contributed by atoms with Crippen molar-refractivity contribution in [3.63, 3.8) is 0 Å². The number of piperidine rings is 1. The summed E-state index contributed by atoms with van der Waals surface area (Å²) in [5.41, 5.74) is 3.20. The highest BCUT2D eigenvalue weighted by molar-refractivity contribution is 7.17. The molecule has 1 amide bonds. The van der Waals surface area contributed by atoms with Gasteiger partial charge in [-0.1, -0.05) is 18.3 Å². The largest absolute Gasteiger partial charge is 0.348 e. The number of carbonyl (C=O) groups excluding carboxylic acids is 1. The van der Waals surface area contributed by atoms with Crippen LogP contribution in [-0.4, -0.2) is 24.0 Å². The Bertz CT molecular complexity index is 475. The minimum absolute atomic E-state index is 0.198. The Morgan fingerprint density at radius 1 is 1.37 bits per heavy atom. The predicted molar refractivity (Wildman–Crippen MR) is 76.4 cm³/mol. The summed E-state index contributed by atoms with van der Waals surface area (Å²) in [4.78, 5) is 19.6. The van der Waals surface area contributed by atoms with Crippen molar-refractivity contribution in [1.82, 2.24) is 10.4 Å². The van der Waals surface area contributed by atoms with Gasteiger partial charge in [0.1, 0.15) is 4.88 Å². The van der Waals surface area contributed by atoms with Crippen LogP contribution in [-0.2, 0) is 0 Å². The Kier molecular flexibility index (Phi) is 3.45. The smallest absolute Gasteiger partial charge is 0.277 e. The molecule has 0 atom stereocenters. The van der Waals surface area contributed by atoms with Crippen LogP contribution in [0.1, 0.15) is 53.9 Å². The molecular formula is C13H20N4OS. The number of anilines is 1. The maximum atomic E-state index is 11.8. The van der Waals surface area contributed by atoms with Gasteiger partial charge in [-0.2, -0.15) is 0 Å². The second-order valence-corrected chi connectivity index (χ2v) is 6.61. The zero-order chi connectivity index (χ0) is 13.4. The number of nitrogens with zero attached hydrogens (tertiary/aromatic N) is 2. The molecule has 0 spiro atoms. The van der Waals surface area contributed by atoms with Gasteiger partial charge < -0.3 is 4.90 Å². The molecule has 6 heteroatoms. The number of hydrogen-bond donors (Lipinski definition) is 2. The molecule has 0 aromatic carbocycles. The molecule has 19 heavy (non-hydrogen) atoms. The summed E-state index contributed by atoms with van der Waals surface area (Å²) in [7, 11) is 0. The molecule has 0 radical (unpaired) electrons. The molecule has 1 aliphatic carbocycles. The van der Waals surface area contributed by atoms with E-state index in [0.717, 1.165) is 42.7 Å². The number of rotatable bonds is 3. The maximum absolute atomic E-state index is 11.8. The van der Waals surface area contributed by atoms with Gasteiger partial charge in [-0.15, -0.1) is 0 Å². The van der Waals surface area contributed by atoms with E-state index in [1.165, 1.54) is 24.2 Å². The highest BCUT2D eigenvalue weighted by atomic mass is 32.1. The van der Waals surface area contributed by atoms with E-state index in [4.69, 9.17) is 10.8 Å². The standard InChI is InChI=1S/C13H20N4OS/c1-8-4-6-17(7-5-8)13-15-10(9-2-3-9)11(19-13)12(18)16-14/h8-9H,2-7,14H2,1H3,(H,16,18). The summed E-state index contributed by atoms with van der Waals surface area (Å²) in [5.74, 6) is 6.34. The maximum Gasteiger partial charge on any atom is 0.277 e. The van der Waals surface area contributed by atoms with Crippen LogP contribution in [0.2, 0.25) is 0 Å². The van der Waals surface area contributed by atoms with E-state index in [1.807, 2.05) is 0 Å². The van der Waals surface area contributed by atoms with Gasteiger partial charge in [-0.25, -0.2) is 10.8 Å². The monoisotopic (exact) mass is 280 g/mol. The summed E-state index contributed by atoms with van der Waals surface area (Å²) in [6.45, 7) is 4.38. The summed E-state index contributed by atoms with van der Waals surface area (Å²) in [6.07, 6.45) is 4.70. The minimum atomic E-state index is -0.198. The Hall–Kier alpha value is -1.14. The number of thiazole rings is 1. The molecule has 2 aliphatic rings. The average molecular weight is 280 g/mol. The average Bonchev–Trinajstić information content (AvgIpc) is 3.18.